The van der Waals surface area contributed by atoms with Crippen LogP contribution in [0.3, 0.4) is 0 Å². The van der Waals surface area contributed by atoms with Crippen LogP contribution in [0.25, 0.3) is 0 Å². The van der Waals surface area contributed by atoms with Gasteiger partial charge in [-0.15, -0.1) is 0 Å². The molecule has 0 saturated carbocycles. The van der Waals surface area contributed by atoms with Crippen molar-refractivity contribution in [2.75, 3.05) is 45.9 Å². The van der Waals surface area contributed by atoms with Gasteiger partial charge in [0.25, 0.3) is 0 Å². The molecule has 1 atom stereocenters. The van der Waals surface area contributed by atoms with Gasteiger partial charge in [0.05, 0.1) is 18.7 Å². The lowest BCUT2D eigenvalue weighted by molar-refractivity contribution is 0.0678. The Hall–Kier alpha value is -0.630. The van der Waals surface area contributed by atoms with E-state index in [9.17, 15) is 0 Å². The molecule has 1 rings (SSSR count). The van der Waals surface area contributed by atoms with E-state index >= 15 is 0 Å². The van der Waals surface area contributed by atoms with E-state index in [1.807, 2.05) is 0 Å². The van der Waals surface area contributed by atoms with Crippen LogP contribution in [-0.4, -0.2) is 61.8 Å². The van der Waals surface area contributed by atoms with Crippen LogP contribution in [-0.2, 0) is 4.74 Å². The van der Waals surface area contributed by atoms with Crippen LogP contribution in [0.4, 0.5) is 0 Å². The van der Waals surface area contributed by atoms with Crippen LogP contribution >= 0.6 is 0 Å². The molecule has 0 aromatic heterocycles. The third-order valence-corrected chi connectivity index (χ3v) is 3.46. The number of rotatable bonds is 8. The number of ether oxygens (including phenoxy) is 1. The van der Waals surface area contributed by atoms with Gasteiger partial charge in [-0.3, -0.25) is 9.80 Å². The minimum absolute atomic E-state index is 0.119. The number of nitrogens with zero attached hydrogens (tertiary/aromatic N) is 3. The summed E-state index contributed by atoms with van der Waals surface area (Å²) in [5, 5.41) is 9.15. The predicted octanol–water partition coefficient (Wildman–Crippen LogP) is 1.72. The fourth-order valence-corrected chi connectivity index (χ4v) is 2.34. The third-order valence-electron chi connectivity index (χ3n) is 3.46. The second kappa shape index (κ2) is 9.32. The number of hydrogen-bond donors (Lipinski definition) is 0. The Morgan fingerprint density at radius 2 is 1.83 bits per heavy atom. The molecule has 104 valence electrons. The van der Waals surface area contributed by atoms with Crippen molar-refractivity contribution in [3.05, 3.63) is 0 Å². The molecule has 1 aliphatic rings. The van der Waals surface area contributed by atoms with Crippen LogP contribution in [0.15, 0.2) is 0 Å². The van der Waals surface area contributed by atoms with Crippen molar-refractivity contribution in [3.8, 4) is 6.07 Å². The molecular formula is C14H27N3O. The number of hydrogen-bond acceptors (Lipinski definition) is 4. The van der Waals surface area contributed by atoms with Crippen molar-refractivity contribution >= 4 is 0 Å². The van der Waals surface area contributed by atoms with Gasteiger partial charge in [-0.1, -0.05) is 20.3 Å². The summed E-state index contributed by atoms with van der Waals surface area (Å²) in [6.45, 7) is 11.2. The number of nitriles is 1. The van der Waals surface area contributed by atoms with Gasteiger partial charge in [0.1, 0.15) is 0 Å². The lowest BCUT2D eigenvalue weighted by Crippen LogP contribution is -2.50. The molecule has 0 N–H and O–H groups in total. The van der Waals surface area contributed by atoms with Gasteiger partial charge >= 0.3 is 0 Å². The molecule has 18 heavy (non-hydrogen) atoms. The van der Waals surface area contributed by atoms with Crippen LogP contribution < -0.4 is 0 Å². The van der Waals surface area contributed by atoms with Crippen LogP contribution in [0.2, 0.25) is 0 Å². The van der Waals surface area contributed by atoms with Crippen LogP contribution in [0, 0.1) is 11.3 Å². The standard InChI is InChI=1S/C14H27N3O/c1-3-5-14(13-15)17-8-6-16(7-9-17)10-12-18-11-4-2/h14H,3-12H2,1-2H3. The molecule has 0 aromatic carbocycles. The molecule has 1 fully saturated rings. The quantitative estimate of drug-likeness (QED) is 0.618. The summed E-state index contributed by atoms with van der Waals surface area (Å²) in [4.78, 5) is 4.76. The Kier molecular flexibility index (Phi) is 7.99. The summed E-state index contributed by atoms with van der Waals surface area (Å²) in [5.74, 6) is 0. The summed E-state index contributed by atoms with van der Waals surface area (Å²) in [6.07, 6.45) is 3.17. The van der Waals surface area contributed by atoms with Crippen molar-refractivity contribution in [3.63, 3.8) is 0 Å². The van der Waals surface area contributed by atoms with Crippen molar-refractivity contribution in [2.24, 2.45) is 0 Å². The molecule has 4 heteroatoms. The normalized spacial score (nSPS) is 19.6. The van der Waals surface area contributed by atoms with Gasteiger partial charge in [-0.05, 0) is 12.8 Å². The fraction of sp³-hybridized carbons (Fsp3) is 0.929. The zero-order chi connectivity index (χ0) is 13.2. The summed E-state index contributed by atoms with van der Waals surface area (Å²) in [5.41, 5.74) is 0. The Labute approximate surface area is 112 Å². The Morgan fingerprint density at radius 3 is 2.39 bits per heavy atom. The van der Waals surface area contributed by atoms with Crippen molar-refractivity contribution in [2.45, 2.75) is 39.2 Å². The van der Waals surface area contributed by atoms with E-state index < -0.39 is 0 Å². The predicted molar refractivity (Wildman–Crippen MR) is 73.4 cm³/mol. The Balaban J connectivity index is 2.17. The summed E-state index contributed by atoms with van der Waals surface area (Å²) in [6, 6.07) is 2.55. The molecule has 1 saturated heterocycles. The van der Waals surface area contributed by atoms with E-state index in [1.54, 1.807) is 0 Å². The maximum atomic E-state index is 9.15. The third kappa shape index (κ3) is 5.34. The minimum atomic E-state index is 0.119. The Morgan fingerprint density at radius 1 is 1.11 bits per heavy atom. The Bertz CT molecular complexity index is 244. The first-order valence-electron chi connectivity index (χ1n) is 7.25. The second-order valence-electron chi connectivity index (χ2n) is 4.92. The lowest BCUT2D eigenvalue weighted by atomic mass is 10.1. The summed E-state index contributed by atoms with van der Waals surface area (Å²) >= 11 is 0. The first-order valence-corrected chi connectivity index (χ1v) is 7.25. The molecule has 1 aliphatic heterocycles. The van der Waals surface area contributed by atoms with Crippen LogP contribution in [0.5, 0.6) is 0 Å². The SMILES string of the molecule is CCCOCCN1CCN(C(C#N)CCC)CC1. The topological polar surface area (TPSA) is 39.5 Å². The van der Waals surface area contributed by atoms with Gasteiger partial charge in [0.15, 0.2) is 0 Å². The van der Waals surface area contributed by atoms with E-state index in [-0.39, 0.29) is 6.04 Å². The average Bonchev–Trinajstić information content (AvgIpc) is 2.42. The zero-order valence-corrected chi connectivity index (χ0v) is 11.9. The molecule has 0 aliphatic carbocycles. The van der Waals surface area contributed by atoms with E-state index in [1.165, 1.54) is 0 Å². The van der Waals surface area contributed by atoms with E-state index in [0.717, 1.165) is 65.2 Å². The van der Waals surface area contributed by atoms with Gasteiger partial charge in [-0.25, -0.2) is 0 Å². The minimum Gasteiger partial charge on any atom is -0.380 e. The molecule has 0 amide bonds. The fourth-order valence-electron chi connectivity index (χ4n) is 2.34. The summed E-state index contributed by atoms with van der Waals surface area (Å²) in [7, 11) is 0. The van der Waals surface area contributed by atoms with E-state index in [2.05, 4.69) is 29.7 Å². The first kappa shape index (κ1) is 15.4. The molecule has 0 aromatic rings. The average molecular weight is 253 g/mol. The molecule has 0 radical (unpaired) electrons. The smallest absolute Gasteiger partial charge is 0.0978 e. The van der Waals surface area contributed by atoms with Gasteiger partial charge in [0.2, 0.25) is 0 Å². The highest BCUT2D eigenvalue weighted by molar-refractivity contribution is 4.93. The highest BCUT2D eigenvalue weighted by Gasteiger charge is 2.22. The highest BCUT2D eigenvalue weighted by atomic mass is 16.5. The molecule has 0 bridgehead atoms. The molecule has 0 spiro atoms. The van der Waals surface area contributed by atoms with Gasteiger partial charge in [0, 0.05) is 39.3 Å². The maximum Gasteiger partial charge on any atom is 0.0978 e. The lowest BCUT2D eigenvalue weighted by Gasteiger charge is -2.36. The summed E-state index contributed by atoms with van der Waals surface area (Å²) < 4.78 is 5.51. The molecule has 1 unspecified atom stereocenters. The highest BCUT2D eigenvalue weighted by Crippen LogP contribution is 2.10. The first-order chi connectivity index (χ1) is 8.81. The van der Waals surface area contributed by atoms with Crippen LogP contribution in [0.1, 0.15) is 33.1 Å². The zero-order valence-electron chi connectivity index (χ0n) is 11.9. The van der Waals surface area contributed by atoms with Crippen molar-refractivity contribution in [1.82, 2.24) is 9.80 Å². The molecule has 4 nitrogen and oxygen atoms in total. The van der Waals surface area contributed by atoms with Crippen molar-refractivity contribution in [1.29, 1.82) is 5.26 Å². The molecular weight excluding hydrogens is 226 g/mol. The molecule has 1 heterocycles. The van der Waals surface area contributed by atoms with Crippen molar-refractivity contribution < 1.29 is 4.74 Å². The van der Waals surface area contributed by atoms with E-state index in [0.29, 0.717) is 0 Å². The second-order valence-corrected chi connectivity index (χ2v) is 4.92. The maximum absolute atomic E-state index is 9.15. The van der Waals surface area contributed by atoms with E-state index in [4.69, 9.17) is 10.00 Å². The number of piperazine rings is 1. The largest absolute Gasteiger partial charge is 0.380 e. The van der Waals surface area contributed by atoms with Gasteiger partial charge in [-0.2, -0.15) is 5.26 Å². The van der Waals surface area contributed by atoms with Gasteiger partial charge < -0.3 is 4.74 Å². The monoisotopic (exact) mass is 253 g/mol.